The minimum Gasteiger partial charge on any atom is -0.493 e. The Balaban J connectivity index is 1.64. The van der Waals surface area contributed by atoms with Crippen molar-refractivity contribution in [2.45, 2.75) is 44.3 Å². The fourth-order valence-corrected chi connectivity index (χ4v) is 4.84. The molecule has 1 saturated carbocycles. The monoisotopic (exact) mass is 522 g/mol. The molecular formula is C28H31ClN4O4. The number of hydrogen-bond acceptors (Lipinski definition) is 6. The highest BCUT2D eigenvalue weighted by atomic mass is 35.5. The minimum atomic E-state index is -0.283. The number of amides is 2. The second-order valence-electron chi connectivity index (χ2n) is 9.02. The predicted molar refractivity (Wildman–Crippen MR) is 143 cm³/mol. The first kappa shape index (κ1) is 26.4. The fraction of sp³-hybridized carbons (Fsp3) is 0.321. The molecule has 2 atom stereocenters. The number of nitrogens with two attached hydrogens (primary N) is 1. The smallest absolute Gasteiger partial charge is 0.257 e. The van der Waals surface area contributed by atoms with Gasteiger partial charge in [-0.2, -0.15) is 0 Å². The normalized spacial score (nSPS) is 17.1. The Morgan fingerprint density at radius 3 is 2.54 bits per heavy atom. The molecule has 0 radical (unpaired) electrons. The third-order valence-electron chi connectivity index (χ3n) is 6.64. The summed E-state index contributed by atoms with van der Waals surface area (Å²) >= 11 is 6.58. The Hall–Kier alpha value is -3.62. The van der Waals surface area contributed by atoms with Gasteiger partial charge in [0, 0.05) is 47.3 Å². The molecule has 194 valence electrons. The molecule has 8 nitrogen and oxygen atoms in total. The summed E-state index contributed by atoms with van der Waals surface area (Å²) in [6.45, 7) is 0.237. The Morgan fingerprint density at radius 2 is 1.84 bits per heavy atom. The lowest BCUT2D eigenvalue weighted by atomic mass is 9.89. The number of nitrogens with zero attached hydrogens (tertiary/aromatic N) is 2. The van der Waals surface area contributed by atoms with Gasteiger partial charge in [0.2, 0.25) is 0 Å². The number of hydrogen-bond donors (Lipinski definition) is 2. The van der Waals surface area contributed by atoms with Crippen LogP contribution >= 0.6 is 11.6 Å². The van der Waals surface area contributed by atoms with Crippen molar-refractivity contribution in [2.24, 2.45) is 5.73 Å². The molecule has 1 fully saturated rings. The molecule has 2 aromatic carbocycles. The lowest BCUT2D eigenvalue weighted by Crippen LogP contribution is -2.51. The highest BCUT2D eigenvalue weighted by Gasteiger charge is 2.32. The van der Waals surface area contributed by atoms with E-state index >= 15 is 0 Å². The minimum absolute atomic E-state index is 0.148. The number of carbonyl (C=O) groups is 2. The van der Waals surface area contributed by atoms with E-state index in [9.17, 15) is 9.59 Å². The van der Waals surface area contributed by atoms with Gasteiger partial charge in [0.1, 0.15) is 0 Å². The summed E-state index contributed by atoms with van der Waals surface area (Å²) in [7, 11) is 3.08. The van der Waals surface area contributed by atoms with E-state index in [0.717, 1.165) is 25.7 Å². The number of pyridine rings is 1. The second kappa shape index (κ2) is 12.1. The molecule has 1 aliphatic carbocycles. The average Bonchev–Trinajstić information content (AvgIpc) is 2.93. The van der Waals surface area contributed by atoms with E-state index < -0.39 is 0 Å². The van der Waals surface area contributed by atoms with Gasteiger partial charge in [-0.1, -0.05) is 24.4 Å². The number of nitrogens with one attached hydrogen (secondary N) is 1. The van der Waals surface area contributed by atoms with Gasteiger partial charge in [0.15, 0.2) is 11.5 Å². The molecule has 0 saturated heterocycles. The highest BCUT2D eigenvalue weighted by molar-refractivity contribution is 6.31. The van der Waals surface area contributed by atoms with Crippen molar-refractivity contribution in [1.82, 2.24) is 9.88 Å². The van der Waals surface area contributed by atoms with E-state index in [2.05, 4.69) is 10.3 Å². The summed E-state index contributed by atoms with van der Waals surface area (Å²) < 4.78 is 10.7. The van der Waals surface area contributed by atoms with Crippen LogP contribution in [0.15, 0.2) is 60.9 Å². The van der Waals surface area contributed by atoms with Gasteiger partial charge >= 0.3 is 0 Å². The zero-order chi connectivity index (χ0) is 26.4. The standard InChI is InChI=1S/C28H31ClN4O4/c1-36-25-12-9-18(15-26(25)37-2)28(35)33(24-8-4-3-7-23(24)30)17-20-14-21(10-11-22(20)29)32-27(34)19-6-5-13-31-16-19/h5-6,9-16,23-24H,3-4,7-8,17,30H2,1-2H3,(H,32,34). The molecule has 1 aliphatic rings. The maximum atomic E-state index is 13.9. The van der Waals surface area contributed by atoms with Crippen LogP contribution in [0.25, 0.3) is 0 Å². The zero-order valence-corrected chi connectivity index (χ0v) is 21.7. The number of benzene rings is 2. The van der Waals surface area contributed by atoms with Gasteiger partial charge in [0.25, 0.3) is 11.8 Å². The van der Waals surface area contributed by atoms with Gasteiger partial charge in [-0.3, -0.25) is 14.6 Å². The molecule has 9 heteroatoms. The summed E-state index contributed by atoms with van der Waals surface area (Å²) in [6, 6.07) is 13.4. The molecule has 1 aromatic heterocycles. The average molecular weight is 523 g/mol. The van der Waals surface area contributed by atoms with Crippen LogP contribution in [-0.4, -0.2) is 48.0 Å². The fourth-order valence-electron chi connectivity index (χ4n) is 4.66. The topological polar surface area (TPSA) is 107 Å². The predicted octanol–water partition coefficient (Wildman–Crippen LogP) is 4.92. The van der Waals surface area contributed by atoms with Crippen LogP contribution in [0.3, 0.4) is 0 Å². The van der Waals surface area contributed by atoms with Crippen molar-refractivity contribution < 1.29 is 19.1 Å². The van der Waals surface area contributed by atoms with E-state index in [1.54, 1.807) is 66.7 Å². The van der Waals surface area contributed by atoms with E-state index in [1.807, 2.05) is 0 Å². The zero-order valence-electron chi connectivity index (χ0n) is 20.9. The Morgan fingerprint density at radius 1 is 1.05 bits per heavy atom. The molecule has 0 spiro atoms. The number of halogens is 1. The van der Waals surface area contributed by atoms with Gasteiger partial charge in [0.05, 0.1) is 19.8 Å². The number of aromatic nitrogens is 1. The van der Waals surface area contributed by atoms with Crippen molar-refractivity contribution in [2.75, 3.05) is 19.5 Å². The van der Waals surface area contributed by atoms with Gasteiger partial charge in [-0.05, 0) is 66.9 Å². The van der Waals surface area contributed by atoms with Crippen LogP contribution in [-0.2, 0) is 6.54 Å². The summed E-state index contributed by atoms with van der Waals surface area (Å²) in [5, 5.41) is 3.37. The van der Waals surface area contributed by atoms with Gasteiger partial charge in [-0.15, -0.1) is 0 Å². The number of rotatable bonds is 8. The Kier molecular flexibility index (Phi) is 8.63. The molecule has 4 rings (SSSR count). The number of carbonyl (C=O) groups excluding carboxylic acids is 2. The third kappa shape index (κ3) is 6.21. The molecule has 2 amide bonds. The number of anilines is 1. The molecule has 3 N–H and O–H groups in total. The molecule has 37 heavy (non-hydrogen) atoms. The van der Waals surface area contributed by atoms with Crippen molar-refractivity contribution in [3.05, 3.63) is 82.6 Å². The lowest BCUT2D eigenvalue weighted by molar-refractivity contribution is 0.0583. The number of methoxy groups -OCH3 is 2. The largest absolute Gasteiger partial charge is 0.493 e. The van der Waals surface area contributed by atoms with E-state index in [1.165, 1.54) is 13.3 Å². The summed E-state index contributed by atoms with van der Waals surface area (Å²) in [4.78, 5) is 32.3. The maximum absolute atomic E-state index is 13.9. The Bertz CT molecular complexity index is 1250. The molecule has 0 aliphatic heterocycles. The van der Waals surface area contributed by atoms with Crippen LogP contribution < -0.4 is 20.5 Å². The highest BCUT2D eigenvalue weighted by Crippen LogP contribution is 2.32. The van der Waals surface area contributed by atoms with Crippen molar-refractivity contribution in [1.29, 1.82) is 0 Å². The molecular weight excluding hydrogens is 492 g/mol. The SMILES string of the molecule is COc1ccc(C(=O)N(Cc2cc(NC(=O)c3cccnc3)ccc2Cl)C2CCCCC2N)cc1OC. The molecule has 0 bridgehead atoms. The number of ether oxygens (including phenoxy) is 2. The van der Waals surface area contributed by atoms with E-state index in [4.69, 9.17) is 26.8 Å². The first-order valence-electron chi connectivity index (χ1n) is 12.2. The summed E-state index contributed by atoms with van der Waals surface area (Å²) in [5.41, 5.74) is 8.70. The maximum Gasteiger partial charge on any atom is 0.257 e. The lowest BCUT2D eigenvalue weighted by Gasteiger charge is -2.39. The first-order chi connectivity index (χ1) is 17.9. The van der Waals surface area contributed by atoms with Crippen LogP contribution in [0.1, 0.15) is 52.0 Å². The quantitative estimate of drug-likeness (QED) is 0.435. The van der Waals surface area contributed by atoms with Gasteiger partial charge in [-0.25, -0.2) is 0 Å². The molecule has 1 heterocycles. The summed E-state index contributed by atoms with van der Waals surface area (Å²) in [6.07, 6.45) is 6.78. The van der Waals surface area contributed by atoms with Crippen LogP contribution in [0.5, 0.6) is 11.5 Å². The summed E-state index contributed by atoms with van der Waals surface area (Å²) in [5.74, 6) is 0.553. The first-order valence-corrected chi connectivity index (χ1v) is 12.6. The van der Waals surface area contributed by atoms with Crippen molar-refractivity contribution in [3.8, 4) is 11.5 Å². The van der Waals surface area contributed by atoms with E-state index in [-0.39, 0.29) is 30.4 Å². The van der Waals surface area contributed by atoms with Crippen LogP contribution in [0.2, 0.25) is 5.02 Å². The van der Waals surface area contributed by atoms with Crippen molar-refractivity contribution in [3.63, 3.8) is 0 Å². The third-order valence-corrected chi connectivity index (χ3v) is 7.01. The van der Waals surface area contributed by atoms with Gasteiger partial charge < -0.3 is 25.4 Å². The second-order valence-corrected chi connectivity index (χ2v) is 9.43. The molecule has 2 unspecified atom stereocenters. The van der Waals surface area contributed by atoms with Crippen molar-refractivity contribution >= 4 is 29.1 Å². The van der Waals surface area contributed by atoms with Crippen LogP contribution in [0.4, 0.5) is 5.69 Å². The van der Waals surface area contributed by atoms with Crippen LogP contribution in [0, 0.1) is 0 Å². The Labute approximate surface area is 221 Å². The van der Waals surface area contributed by atoms with E-state index in [0.29, 0.717) is 38.9 Å². The molecule has 3 aromatic rings.